The molecule has 5 nitrogen and oxygen atoms in total. The lowest BCUT2D eigenvalue weighted by molar-refractivity contribution is -0.384. The molecule has 0 atom stereocenters. The van der Waals surface area contributed by atoms with E-state index in [-0.39, 0.29) is 17.3 Å². The normalized spacial score (nSPS) is 10.2. The highest BCUT2D eigenvalue weighted by atomic mass is 35.5. The molecule has 0 radical (unpaired) electrons. The fourth-order valence-corrected chi connectivity index (χ4v) is 1.99. The number of hydrogen-bond donors (Lipinski definition) is 1. The summed E-state index contributed by atoms with van der Waals surface area (Å²) >= 11 is 5.59. The van der Waals surface area contributed by atoms with Crippen molar-refractivity contribution < 1.29 is 14.1 Å². The zero-order valence-corrected chi connectivity index (χ0v) is 11.9. The van der Waals surface area contributed by atoms with Crippen LogP contribution in [0.4, 0.5) is 15.8 Å². The summed E-state index contributed by atoms with van der Waals surface area (Å²) in [5, 5.41) is 13.7. The van der Waals surface area contributed by atoms with Gasteiger partial charge in [-0.15, -0.1) is 0 Å². The van der Waals surface area contributed by atoms with E-state index in [2.05, 4.69) is 5.32 Å². The molecule has 2 aromatic carbocycles. The lowest BCUT2D eigenvalue weighted by atomic mass is 10.1. The molecule has 7 heteroatoms. The minimum absolute atomic E-state index is 0.00797. The molecule has 0 saturated carbocycles. The largest absolute Gasteiger partial charge is 0.489 e. The van der Waals surface area contributed by atoms with Crippen LogP contribution in [0.2, 0.25) is 5.02 Å². The van der Waals surface area contributed by atoms with E-state index in [4.69, 9.17) is 16.3 Å². The Bertz CT molecular complexity index is 679. The summed E-state index contributed by atoms with van der Waals surface area (Å²) in [6, 6.07) is 8.75. The Hall–Kier alpha value is -2.34. The van der Waals surface area contributed by atoms with Gasteiger partial charge in [0, 0.05) is 24.7 Å². The molecule has 2 aromatic rings. The molecule has 0 aliphatic rings. The van der Waals surface area contributed by atoms with Crippen molar-refractivity contribution in [2.45, 2.75) is 6.61 Å². The first-order valence-electron chi connectivity index (χ1n) is 6.05. The number of nitrogens with zero attached hydrogens (tertiary/aromatic N) is 1. The SMILES string of the molecule is CNc1c(COc2ccc(Cl)c(F)c2)cccc1[N+](=O)[O-]. The summed E-state index contributed by atoms with van der Waals surface area (Å²) in [6.07, 6.45) is 0. The monoisotopic (exact) mass is 310 g/mol. The molecule has 0 heterocycles. The quantitative estimate of drug-likeness (QED) is 0.669. The molecule has 0 aromatic heterocycles. The van der Waals surface area contributed by atoms with Gasteiger partial charge in [0.1, 0.15) is 23.9 Å². The number of hydrogen-bond acceptors (Lipinski definition) is 4. The first-order valence-corrected chi connectivity index (χ1v) is 6.42. The first kappa shape index (κ1) is 15.1. The Labute approximate surface area is 125 Å². The van der Waals surface area contributed by atoms with Crippen LogP contribution in [0.3, 0.4) is 0 Å². The summed E-state index contributed by atoms with van der Waals surface area (Å²) in [4.78, 5) is 10.5. The lowest BCUT2D eigenvalue weighted by Crippen LogP contribution is -2.04. The summed E-state index contributed by atoms with van der Waals surface area (Å²) in [5.41, 5.74) is 0.930. The van der Waals surface area contributed by atoms with Crippen molar-refractivity contribution in [1.29, 1.82) is 0 Å². The van der Waals surface area contributed by atoms with E-state index in [1.54, 1.807) is 19.2 Å². The smallest absolute Gasteiger partial charge is 0.292 e. The van der Waals surface area contributed by atoms with Gasteiger partial charge < -0.3 is 10.1 Å². The number of nitro benzene ring substituents is 1. The summed E-state index contributed by atoms with van der Waals surface area (Å²) in [6.45, 7) is 0.0684. The number of ether oxygens (including phenoxy) is 1. The van der Waals surface area contributed by atoms with Crippen molar-refractivity contribution >= 4 is 23.0 Å². The zero-order chi connectivity index (χ0) is 15.4. The molecule has 0 fully saturated rings. The van der Waals surface area contributed by atoms with E-state index < -0.39 is 10.7 Å². The molecule has 0 aliphatic heterocycles. The second-order valence-electron chi connectivity index (χ2n) is 4.18. The fraction of sp³-hybridized carbons (Fsp3) is 0.143. The average Bonchev–Trinajstić information content (AvgIpc) is 2.47. The van der Waals surface area contributed by atoms with Crippen LogP contribution < -0.4 is 10.1 Å². The highest BCUT2D eigenvalue weighted by Gasteiger charge is 2.16. The standard InChI is InChI=1S/C14H12ClFN2O3/c1-17-14-9(3-2-4-13(14)18(19)20)8-21-10-5-6-11(15)12(16)7-10/h2-7,17H,8H2,1H3. The first-order chi connectivity index (χ1) is 10.0. The Morgan fingerprint density at radius 1 is 1.38 bits per heavy atom. The topological polar surface area (TPSA) is 64.4 Å². The van der Waals surface area contributed by atoms with Gasteiger partial charge in [0.25, 0.3) is 5.69 Å². The van der Waals surface area contributed by atoms with E-state index >= 15 is 0 Å². The molecule has 0 bridgehead atoms. The number of nitrogens with one attached hydrogen (secondary N) is 1. The maximum atomic E-state index is 13.3. The van der Waals surface area contributed by atoms with Gasteiger partial charge in [0.2, 0.25) is 0 Å². The predicted molar refractivity (Wildman–Crippen MR) is 78.4 cm³/mol. The fourth-order valence-electron chi connectivity index (χ4n) is 1.88. The molecule has 0 aliphatic carbocycles. The Balaban J connectivity index is 2.21. The van der Waals surface area contributed by atoms with Crippen LogP contribution in [0, 0.1) is 15.9 Å². The molecule has 0 amide bonds. The van der Waals surface area contributed by atoms with Crippen LogP contribution in [0.1, 0.15) is 5.56 Å². The van der Waals surface area contributed by atoms with Crippen molar-refractivity contribution in [2.24, 2.45) is 0 Å². The van der Waals surface area contributed by atoms with Gasteiger partial charge in [-0.1, -0.05) is 23.7 Å². The summed E-state index contributed by atoms with van der Waals surface area (Å²) in [7, 11) is 1.59. The molecular formula is C14H12ClFN2O3. The highest BCUT2D eigenvalue weighted by molar-refractivity contribution is 6.30. The maximum Gasteiger partial charge on any atom is 0.292 e. The molecule has 21 heavy (non-hydrogen) atoms. The number of nitro groups is 1. The number of benzene rings is 2. The highest BCUT2D eigenvalue weighted by Crippen LogP contribution is 2.29. The Kier molecular flexibility index (Phi) is 4.59. The number of para-hydroxylation sites is 1. The van der Waals surface area contributed by atoms with E-state index in [0.717, 1.165) is 0 Å². The third-order valence-electron chi connectivity index (χ3n) is 2.86. The van der Waals surface area contributed by atoms with Crippen LogP contribution in [-0.4, -0.2) is 12.0 Å². The minimum Gasteiger partial charge on any atom is -0.489 e. The average molecular weight is 311 g/mol. The molecule has 0 unspecified atom stereocenters. The molecular weight excluding hydrogens is 299 g/mol. The zero-order valence-electron chi connectivity index (χ0n) is 11.1. The van der Waals surface area contributed by atoms with Gasteiger partial charge in [-0.3, -0.25) is 10.1 Å². The van der Waals surface area contributed by atoms with E-state index in [1.807, 2.05) is 0 Å². The third kappa shape index (κ3) is 3.41. The maximum absolute atomic E-state index is 13.3. The number of halogens is 2. The predicted octanol–water partition coefficient (Wildman–Crippen LogP) is 4.01. The van der Waals surface area contributed by atoms with Crippen LogP contribution >= 0.6 is 11.6 Å². The van der Waals surface area contributed by atoms with E-state index in [9.17, 15) is 14.5 Å². The molecule has 110 valence electrons. The number of rotatable bonds is 5. The van der Waals surface area contributed by atoms with Gasteiger partial charge in [-0.05, 0) is 12.1 Å². The molecule has 0 saturated heterocycles. The van der Waals surface area contributed by atoms with Crippen molar-refractivity contribution in [1.82, 2.24) is 0 Å². The van der Waals surface area contributed by atoms with Gasteiger partial charge >= 0.3 is 0 Å². The van der Waals surface area contributed by atoms with E-state index in [1.165, 1.54) is 24.3 Å². The van der Waals surface area contributed by atoms with Crippen molar-refractivity contribution in [3.63, 3.8) is 0 Å². The van der Waals surface area contributed by atoms with Crippen LogP contribution in [-0.2, 0) is 6.61 Å². The van der Waals surface area contributed by atoms with Crippen molar-refractivity contribution in [3.8, 4) is 5.75 Å². The van der Waals surface area contributed by atoms with Crippen molar-refractivity contribution in [3.05, 3.63) is 62.9 Å². The summed E-state index contributed by atoms with van der Waals surface area (Å²) < 4.78 is 18.8. The molecule has 0 spiro atoms. The summed E-state index contributed by atoms with van der Waals surface area (Å²) in [5.74, 6) is -0.285. The van der Waals surface area contributed by atoms with Gasteiger partial charge in [0.05, 0.1) is 9.95 Å². The Morgan fingerprint density at radius 2 is 2.14 bits per heavy atom. The Morgan fingerprint density at radius 3 is 2.76 bits per heavy atom. The third-order valence-corrected chi connectivity index (χ3v) is 3.17. The second kappa shape index (κ2) is 6.41. The van der Waals surface area contributed by atoms with Gasteiger partial charge in [-0.25, -0.2) is 4.39 Å². The van der Waals surface area contributed by atoms with E-state index in [0.29, 0.717) is 17.0 Å². The molecule has 2 rings (SSSR count). The van der Waals surface area contributed by atoms with Gasteiger partial charge in [-0.2, -0.15) is 0 Å². The second-order valence-corrected chi connectivity index (χ2v) is 4.59. The lowest BCUT2D eigenvalue weighted by Gasteiger charge is -2.11. The van der Waals surface area contributed by atoms with Crippen LogP contribution in [0.25, 0.3) is 0 Å². The number of anilines is 1. The van der Waals surface area contributed by atoms with Gasteiger partial charge in [0.15, 0.2) is 0 Å². The van der Waals surface area contributed by atoms with Crippen LogP contribution in [0.15, 0.2) is 36.4 Å². The van der Waals surface area contributed by atoms with Crippen molar-refractivity contribution in [2.75, 3.05) is 12.4 Å². The molecule has 1 N–H and O–H groups in total. The minimum atomic E-state index is -0.581. The van der Waals surface area contributed by atoms with Crippen LogP contribution in [0.5, 0.6) is 5.75 Å².